The zero-order valence-corrected chi connectivity index (χ0v) is 13.1. The van der Waals surface area contributed by atoms with Crippen LogP contribution in [0.5, 0.6) is 0 Å². The molecule has 8 heteroatoms. The van der Waals surface area contributed by atoms with Gasteiger partial charge in [0, 0.05) is 20.1 Å². The fraction of sp³-hybridized carbons (Fsp3) is 0.385. The molecule has 0 aliphatic carbocycles. The minimum atomic E-state index is -3.43. The summed E-state index contributed by atoms with van der Waals surface area (Å²) in [6.45, 7) is 2.27. The van der Waals surface area contributed by atoms with Gasteiger partial charge in [-0.1, -0.05) is 17.3 Å². The zero-order chi connectivity index (χ0) is 15.6. The molecule has 1 aromatic carbocycles. The molecule has 1 heterocycles. The first-order valence-corrected chi connectivity index (χ1v) is 7.92. The molecule has 0 spiro atoms. The third-order valence-corrected chi connectivity index (χ3v) is 4.86. The van der Waals surface area contributed by atoms with Crippen molar-refractivity contribution in [2.45, 2.75) is 24.4 Å². The maximum atomic E-state index is 12.1. The second kappa shape index (κ2) is 5.92. The molecular formula is C13H19N5O2S. The first kappa shape index (κ1) is 15.6. The molecule has 0 radical (unpaired) electrons. The van der Waals surface area contributed by atoms with Gasteiger partial charge in [-0.15, -0.1) is 5.10 Å². The summed E-state index contributed by atoms with van der Waals surface area (Å²) >= 11 is 0. The van der Waals surface area contributed by atoms with Gasteiger partial charge in [0.2, 0.25) is 10.0 Å². The van der Waals surface area contributed by atoms with Crippen molar-refractivity contribution >= 4 is 10.0 Å². The minimum absolute atomic E-state index is 0.181. The molecule has 2 N–H and O–H groups in total. The highest BCUT2D eigenvalue weighted by atomic mass is 32.2. The molecule has 0 amide bonds. The summed E-state index contributed by atoms with van der Waals surface area (Å²) < 4.78 is 27.0. The van der Waals surface area contributed by atoms with Crippen molar-refractivity contribution in [3.63, 3.8) is 0 Å². The molecule has 0 saturated heterocycles. The Bertz CT molecular complexity index is 722. The van der Waals surface area contributed by atoms with Gasteiger partial charge in [-0.05, 0) is 24.6 Å². The Kier molecular flexibility index (Phi) is 4.40. The normalized spacial score (nSPS) is 13.6. The lowest BCUT2D eigenvalue weighted by atomic mass is 10.2. The maximum absolute atomic E-state index is 12.1. The van der Waals surface area contributed by atoms with Crippen LogP contribution in [0, 0.1) is 0 Å². The van der Waals surface area contributed by atoms with Crippen LogP contribution in [0.4, 0.5) is 0 Å². The number of sulfonamides is 1. The maximum Gasteiger partial charge on any atom is 0.242 e. The topological polar surface area (TPSA) is 94.1 Å². The van der Waals surface area contributed by atoms with Crippen LogP contribution in [0.1, 0.15) is 24.2 Å². The number of hydrogen-bond donors (Lipinski definition) is 1. The van der Waals surface area contributed by atoms with E-state index in [2.05, 4.69) is 10.3 Å². The van der Waals surface area contributed by atoms with Crippen LogP contribution in [0.25, 0.3) is 0 Å². The Morgan fingerprint density at radius 2 is 2.10 bits per heavy atom. The van der Waals surface area contributed by atoms with E-state index in [-0.39, 0.29) is 10.9 Å². The van der Waals surface area contributed by atoms with E-state index in [4.69, 9.17) is 5.73 Å². The Morgan fingerprint density at radius 1 is 1.38 bits per heavy atom. The standard InChI is InChI=1S/C13H19N5O2S/c1-10(14)13-9-18(16-15-13)8-11-5-4-6-12(7-11)21(19,20)17(2)3/h4-7,9-10H,8,14H2,1-3H3. The van der Waals surface area contributed by atoms with Gasteiger partial charge in [-0.25, -0.2) is 17.4 Å². The van der Waals surface area contributed by atoms with Crippen molar-refractivity contribution in [3.8, 4) is 0 Å². The van der Waals surface area contributed by atoms with Crippen LogP contribution < -0.4 is 5.73 Å². The van der Waals surface area contributed by atoms with Gasteiger partial charge in [0.05, 0.1) is 23.3 Å². The summed E-state index contributed by atoms with van der Waals surface area (Å²) in [6, 6.07) is 6.60. The number of hydrogen-bond acceptors (Lipinski definition) is 5. The van der Waals surface area contributed by atoms with Crippen molar-refractivity contribution in [1.29, 1.82) is 0 Å². The highest BCUT2D eigenvalue weighted by Crippen LogP contribution is 2.15. The van der Waals surface area contributed by atoms with E-state index < -0.39 is 10.0 Å². The zero-order valence-electron chi connectivity index (χ0n) is 12.3. The van der Waals surface area contributed by atoms with Crippen molar-refractivity contribution in [2.24, 2.45) is 5.73 Å². The van der Waals surface area contributed by atoms with Crippen LogP contribution in [0.2, 0.25) is 0 Å². The SMILES string of the molecule is CC(N)c1cn(Cc2cccc(S(=O)(=O)N(C)C)c2)nn1. The van der Waals surface area contributed by atoms with Gasteiger partial charge in [0.1, 0.15) is 0 Å². The van der Waals surface area contributed by atoms with E-state index in [0.29, 0.717) is 12.2 Å². The number of nitrogens with zero attached hydrogens (tertiary/aromatic N) is 4. The molecule has 0 aliphatic rings. The molecule has 2 aromatic rings. The molecule has 1 aromatic heterocycles. The monoisotopic (exact) mass is 309 g/mol. The first-order valence-electron chi connectivity index (χ1n) is 6.48. The summed E-state index contributed by atoms with van der Waals surface area (Å²) in [6.07, 6.45) is 1.76. The average molecular weight is 309 g/mol. The number of nitrogens with two attached hydrogens (primary N) is 1. The quantitative estimate of drug-likeness (QED) is 0.872. The molecule has 1 unspecified atom stereocenters. The molecule has 0 fully saturated rings. The van der Waals surface area contributed by atoms with Gasteiger partial charge in [0.15, 0.2) is 0 Å². The van der Waals surface area contributed by atoms with E-state index in [0.717, 1.165) is 5.56 Å². The molecule has 0 aliphatic heterocycles. The van der Waals surface area contributed by atoms with E-state index in [1.54, 1.807) is 29.1 Å². The molecule has 114 valence electrons. The molecule has 7 nitrogen and oxygen atoms in total. The lowest BCUT2D eigenvalue weighted by Crippen LogP contribution is -2.22. The number of benzene rings is 1. The molecule has 0 bridgehead atoms. The number of rotatable bonds is 5. The summed E-state index contributed by atoms with van der Waals surface area (Å²) in [7, 11) is -0.415. The Hall–Kier alpha value is -1.77. The van der Waals surface area contributed by atoms with Crippen LogP contribution in [0.15, 0.2) is 35.4 Å². The third-order valence-electron chi connectivity index (χ3n) is 3.04. The first-order chi connectivity index (χ1) is 9.80. The predicted octanol–water partition coefficient (Wildman–Crippen LogP) is 0.596. The summed E-state index contributed by atoms with van der Waals surface area (Å²) in [5, 5.41) is 7.96. The van der Waals surface area contributed by atoms with Gasteiger partial charge in [0.25, 0.3) is 0 Å². The van der Waals surface area contributed by atoms with Crippen molar-refractivity contribution in [3.05, 3.63) is 41.7 Å². The molecule has 1 atom stereocenters. The van der Waals surface area contributed by atoms with E-state index in [1.165, 1.54) is 18.4 Å². The highest BCUT2D eigenvalue weighted by Gasteiger charge is 2.17. The van der Waals surface area contributed by atoms with Crippen LogP contribution in [-0.4, -0.2) is 41.8 Å². The van der Waals surface area contributed by atoms with Gasteiger partial charge < -0.3 is 5.73 Å². The predicted molar refractivity (Wildman–Crippen MR) is 79.0 cm³/mol. The second-order valence-electron chi connectivity index (χ2n) is 5.06. The van der Waals surface area contributed by atoms with Crippen molar-refractivity contribution in [1.82, 2.24) is 19.3 Å². The van der Waals surface area contributed by atoms with Gasteiger partial charge >= 0.3 is 0 Å². The molecular weight excluding hydrogens is 290 g/mol. The van der Waals surface area contributed by atoms with E-state index >= 15 is 0 Å². The van der Waals surface area contributed by atoms with E-state index in [1.807, 2.05) is 13.0 Å². The lowest BCUT2D eigenvalue weighted by Gasteiger charge is -2.12. The second-order valence-corrected chi connectivity index (χ2v) is 7.22. The molecule has 0 saturated carbocycles. The van der Waals surface area contributed by atoms with Crippen LogP contribution in [0.3, 0.4) is 0 Å². The van der Waals surface area contributed by atoms with Crippen molar-refractivity contribution in [2.75, 3.05) is 14.1 Å². The Balaban J connectivity index is 2.25. The average Bonchev–Trinajstić information content (AvgIpc) is 2.87. The fourth-order valence-electron chi connectivity index (χ4n) is 1.80. The highest BCUT2D eigenvalue weighted by molar-refractivity contribution is 7.89. The Morgan fingerprint density at radius 3 is 2.67 bits per heavy atom. The molecule has 2 rings (SSSR count). The fourth-order valence-corrected chi connectivity index (χ4v) is 2.77. The summed E-state index contributed by atoms with van der Waals surface area (Å²) in [5.41, 5.74) is 7.27. The van der Waals surface area contributed by atoms with Crippen LogP contribution in [-0.2, 0) is 16.6 Å². The van der Waals surface area contributed by atoms with Gasteiger partial charge in [-0.3, -0.25) is 0 Å². The minimum Gasteiger partial charge on any atom is -0.323 e. The lowest BCUT2D eigenvalue weighted by molar-refractivity contribution is 0.520. The van der Waals surface area contributed by atoms with Gasteiger partial charge in [-0.2, -0.15) is 0 Å². The summed E-state index contributed by atoms with van der Waals surface area (Å²) in [5.74, 6) is 0. The third kappa shape index (κ3) is 3.46. The summed E-state index contributed by atoms with van der Waals surface area (Å²) in [4.78, 5) is 0.262. The number of aromatic nitrogens is 3. The molecule has 21 heavy (non-hydrogen) atoms. The largest absolute Gasteiger partial charge is 0.323 e. The Labute approximate surface area is 124 Å². The smallest absolute Gasteiger partial charge is 0.242 e. The van der Waals surface area contributed by atoms with Crippen molar-refractivity contribution < 1.29 is 8.42 Å². The van der Waals surface area contributed by atoms with E-state index in [9.17, 15) is 8.42 Å². The van der Waals surface area contributed by atoms with Crippen LogP contribution >= 0.6 is 0 Å².